The molecule has 0 aromatic heterocycles. The van der Waals surface area contributed by atoms with Gasteiger partial charge in [-0.3, -0.25) is 0 Å². The molecule has 0 unspecified atom stereocenters. The van der Waals surface area contributed by atoms with Gasteiger partial charge in [-0.1, -0.05) is 29.3 Å². The molecule has 6 heteroatoms. The molecule has 1 aromatic rings. The van der Waals surface area contributed by atoms with Gasteiger partial charge in [0.1, 0.15) is 5.69 Å². The zero-order valence-electron chi connectivity index (χ0n) is 9.20. The molecule has 3 nitrogen and oxygen atoms in total. The number of hydrogen-bond donors (Lipinski definition) is 1. The minimum absolute atomic E-state index is 0. The second-order valence-electron chi connectivity index (χ2n) is 3.73. The Morgan fingerprint density at radius 1 is 1.18 bits per heavy atom. The number of halogens is 3. The van der Waals surface area contributed by atoms with Gasteiger partial charge in [-0.2, -0.15) is 0 Å². The van der Waals surface area contributed by atoms with Crippen LogP contribution in [0.25, 0.3) is 0 Å². The Bertz CT molecular complexity index is 394. The lowest BCUT2D eigenvalue weighted by molar-refractivity contribution is 0.513. The number of hydrogen-bond acceptors (Lipinski definition) is 1. The van der Waals surface area contributed by atoms with Crippen molar-refractivity contribution in [3.05, 3.63) is 28.2 Å². The van der Waals surface area contributed by atoms with Crippen LogP contribution in [-0.2, 0) is 0 Å². The Balaban J connectivity index is 0.00000144. The van der Waals surface area contributed by atoms with Crippen molar-refractivity contribution >= 4 is 47.3 Å². The van der Waals surface area contributed by atoms with Crippen molar-refractivity contribution < 1.29 is 0 Å². The van der Waals surface area contributed by atoms with Crippen LogP contribution in [0, 0.1) is 0 Å². The Hall–Kier alpha value is -0.640. The molecule has 0 saturated carbocycles. The van der Waals surface area contributed by atoms with E-state index in [1.807, 2.05) is 4.90 Å². The summed E-state index contributed by atoms with van der Waals surface area (Å²) in [7, 11) is 0. The quantitative estimate of drug-likeness (QED) is 0.636. The van der Waals surface area contributed by atoms with E-state index < -0.39 is 0 Å². The molecule has 1 aromatic carbocycles. The maximum absolute atomic E-state index is 6.01. The maximum Gasteiger partial charge on any atom is 0.196 e. The zero-order chi connectivity index (χ0) is 11.5. The summed E-state index contributed by atoms with van der Waals surface area (Å²) in [4.78, 5) is 6.34. The highest BCUT2D eigenvalue weighted by Gasteiger charge is 2.14. The molecular weight excluding hydrogens is 281 g/mol. The van der Waals surface area contributed by atoms with E-state index in [0.717, 1.165) is 25.9 Å². The van der Waals surface area contributed by atoms with Crippen molar-refractivity contribution in [2.75, 3.05) is 13.1 Å². The van der Waals surface area contributed by atoms with E-state index in [0.29, 0.717) is 21.7 Å². The minimum atomic E-state index is 0. The number of aliphatic imine (C=N–C) groups is 1. The van der Waals surface area contributed by atoms with Crippen molar-refractivity contribution in [3.63, 3.8) is 0 Å². The summed E-state index contributed by atoms with van der Waals surface area (Å²) in [5.74, 6) is 0.493. The standard InChI is InChI=1S/C11H13Cl2N3.ClH/c12-8-4-3-5-9(13)10(8)15-11(14)16-6-1-2-7-16;/h3-5H,1-2,6-7H2,(H2,14,15);1H. The highest BCUT2D eigenvalue weighted by atomic mass is 35.5. The third-order valence-corrected chi connectivity index (χ3v) is 3.20. The van der Waals surface area contributed by atoms with Crippen LogP contribution >= 0.6 is 35.6 Å². The molecule has 0 bridgehead atoms. The number of likely N-dealkylation sites (tertiary alicyclic amines) is 1. The number of para-hydroxylation sites is 1. The average molecular weight is 295 g/mol. The molecule has 1 fully saturated rings. The highest BCUT2D eigenvalue weighted by molar-refractivity contribution is 6.38. The van der Waals surface area contributed by atoms with Crippen molar-refractivity contribution in [2.24, 2.45) is 10.7 Å². The summed E-state index contributed by atoms with van der Waals surface area (Å²) in [5.41, 5.74) is 6.46. The first-order valence-corrected chi connectivity index (χ1v) is 5.97. The molecule has 1 aliphatic rings. The van der Waals surface area contributed by atoms with Crippen LogP contribution in [0.3, 0.4) is 0 Å². The maximum atomic E-state index is 6.01. The summed E-state index contributed by atoms with van der Waals surface area (Å²) >= 11 is 12.0. The fraction of sp³-hybridized carbons (Fsp3) is 0.364. The number of nitrogens with two attached hydrogens (primary N) is 1. The summed E-state index contributed by atoms with van der Waals surface area (Å²) in [6, 6.07) is 5.29. The fourth-order valence-corrected chi connectivity index (χ4v) is 2.21. The van der Waals surface area contributed by atoms with Gasteiger partial charge in [-0.25, -0.2) is 4.99 Å². The molecule has 1 saturated heterocycles. The third-order valence-electron chi connectivity index (χ3n) is 2.59. The molecule has 1 heterocycles. The van der Waals surface area contributed by atoms with E-state index in [2.05, 4.69) is 4.99 Å². The van der Waals surface area contributed by atoms with Crippen LogP contribution in [0.1, 0.15) is 12.8 Å². The largest absolute Gasteiger partial charge is 0.369 e. The minimum Gasteiger partial charge on any atom is -0.369 e. The van der Waals surface area contributed by atoms with Crippen LogP contribution in [-0.4, -0.2) is 23.9 Å². The van der Waals surface area contributed by atoms with Gasteiger partial charge in [0, 0.05) is 13.1 Å². The molecule has 94 valence electrons. The van der Waals surface area contributed by atoms with Crippen LogP contribution in [0.15, 0.2) is 23.2 Å². The molecule has 0 atom stereocenters. The summed E-state index contributed by atoms with van der Waals surface area (Å²) in [5, 5.41) is 1.05. The normalized spacial score (nSPS) is 15.9. The summed E-state index contributed by atoms with van der Waals surface area (Å²) in [6.07, 6.45) is 2.32. The lowest BCUT2D eigenvalue weighted by Crippen LogP contribution is -2.34. The number of nitrogens with zero attached hydrogens (tertiary/aromatic N) is 2. The first kappa shape index (κ1) is 14.4. The van der Waals surface area contributed by atoms with Gasteiger partial charge in [0.25, 0.3) is 0 Å². The predicted molar refractivity (Wildman–Crippen MR) is 75.8 cm³/mol. The van der Waals surface area contributed by atoms with Gasteiger partial charge >= 0.3 is 0 Å². The summed E-state index contributed by atoms with van der Waals surface area (Å²) < 4.78 is 0. The third kappa shape index (κ3) is 3.41. The first-order valence-electron chi connectivity index (χ1n) is 5.21. The van der Waals surface area contributed by atoms with Crippen LogP contribution in [0.4, 0.5) is 5.69 Å². The van der Waals surface area contributed by atoms with Gasteiger partial charge in [0.15, 0.2) is 5.96 Å². The van der Waals surface area contributed by atoms with Crippen molar-refractivity contribution in [1.29, 1.82) is 0 Å². The van der Waals surface area contributed by atoms with E-state index >= 15 is 0 Å². The van der Waals surface area contributed by atoms with Gasteiger partial charge < -0.3 is 10.6 Å². The second-order valence-corrected chi connectivity index (χ2v) is 4.55. The van der Waals surface area contributed by atoms with Gasteiger partial charge in [0.05, 0.1) is 10.0 Å². The Morgan fingerprint density at radius 2 is 1.71 bits per heavy atom. The van der Waals surface area contributed by atoms with E-state index in [9.17, 15) is 0 Å². The van der Waals surface area contributed by atoms with E-state index in [1.165, 1.54) is 0 Å². The second kappa shape index (κ2) is 6.34. The highest BCUT2D eigenvalue weighted by Crippen LogP contribution is 2.32. The van der Waals surface area contributed by atoms with Crippen LogP contribution in [0.5, 0.6) is 0 Å². The van der Waals surface area contributed by atoms with E-state index in [4.69, 9.17) is 28.9 Å². The molecule has 0 amide bonds. The molecule has 2 rings (SSSR count). The summed E-state index contributed by atoms with van der Waals surface area (Å²) in [6.45, 7) is 1.91. The smallest absolute Gasteiger partial charge is 0.196 e. The predicted octanol–water partition coefficient (Wildman–Crippen LogP) is 3.46. The molecule has 0 spiro atoms. The van der Waals surface area contributed by atoms with Gasteiger partial charge in [-0.15, -0.1) is 12.4 Å². The van der Waals surface area contributed by atoms with E-state index in [-0.39, 0.29) is 12.4 Å². The van der Waals surface area contributed by atoms with Gasteiger partial charge in [0.2, 0.25) is 0 Å². The number of rotatable bonds is 1. The first-order chi connectivity index (χ1) is 7.68. The van der Waals surface area contributed by atoms with Crippen molar-refractivity contribution in [2.45, 2.75) is 12.8 Å². The Labute approximate surface area is 117 Å². The Kier molecular flexibility index (Phi) is 5.37. The lowest BCUT2D eigenvalue weighted by atomic mass is 10.3. The van der Waals surface area contributed by atoms with Crippen molar-refractivity contribution in [1.82, 2.24) is 4.90 Å². The fourth-order valence-electron chi connectivity index (χ4n) is 1.73. The molecule has 1 aliphatic heterocycles. The molecule has 0 aliphatic carbocycles. The SMILES string of the molecule is Cl.NC(=Nc1c(Cl)cccc1Cl)N1CCCC1. The van der Waals surface area contributed by atoms with Crippen molar-refractivity contribution in [3.8, 4) is 0 Å². The molecule has 17 heavy (non-hydrogen) atoms. The molecule has 2 N–H and O–H groups in total. The monoisotopic (exact) mass is 293 g/mol. The topological polar surface area (TPSA) is 41.6 Å². The average Bonchev–Trinajstić information content (AvgIpc) is 2.76. The van der Waals surface area contributed by atoms with Gasteiger partial charge in [-0.05, 0) is 25.0 Å². The number of guanidine groups is 1. The van der Waals surface area contributed by atoms with E-state index in [1.54, 1.807) is 18.2 Å². The van der Waals surface area contributed by atoms with Crippen LogP contribution in [0.2, 0.25) is 10.0 Å². The lowest BCUT2D eigenvalue weighted by Gasteiger charge is -2.16. The molecule has 0 radical (unpaired) electrons. The Morgan fingerprint density at radius 3 is 2.24 bits per heavy atom. The molecular formula is C11H14Cl3N3. The van der Waals surface area contributed by atoms with Crippen LogP contribution < -0.4 is 5.73 Å². The number of benzene rings is 1. The zero-order valence-corrected chi connectivity index (χ0v) is 11.5.